The quantitative estimate of drug-likeness (QED) is 0.555. The minimum Gasteiger partial charge on any atom is -0.367 e. The van der Waals surface area contributed by atoms with Crippen LogP contribution in [0.25, 0.3) is 0 Å². The van der Waals surface area contributed by atoms with Gasteiger partial charge in [0.2, 0.25) is 0 Å². The molecule has 2 aromatic rings. The molecular formula is C20H18BrClN2. The van der Waals surface area contributed by atoms with Gasteiger partial charge in [-0.2, -0.15) is 0 Å². The first-order chi connectivity index (χ1) is 11.6. The molecule has 3 heterocycles. The highest BCUT2D eigenvalue weighted by molar-refractivity contribution is 9.10. The van der Waals surface area contributed by atoms with Gasteiger partial charge in [-0.15, -0.1) is 0 Å². The highest BCUT2D eigenvalue weighted by Crippen LogP contribution is 2.54. The van der Waals surface area contributed by atoms with E-state index in [0.717, 1.165) is 28.1 Å². The van der Waals surface area contributed by atoms with Crippen LogP contribution in [0.1, 0.15) is 30.9 Å². The van der Waals surface area contributed by atoms with E-state index in [1.54, 1.807) is 0 Å². The van der Waals surface area contributed by atoms with E-state index < -0.39 is 0 Å². The third kappa shape index (κ3) is 1.86. The second kappa shape index (κ2) is 5.09. The summed E-state index contributed by atoms with van der Waals surface area (Å²) < 4.78 is 1.16. The molecule has 1 fully saturated rings. The number of benzene rings is 2. The Bertz CT molecular complexity index is 891. The van der Waals surface area contributed by atoms with Crippen LogP contribution >= 0.6 is 27.5 Å². The summed E-state index contributed by atoms with van der Waals surface area (Å²) >= 11 is 10.0. The lowest BCUT2D eigenvalue weighted by molar-refractivity contribution is 0.433. The summed E-state index contributed by atoms with van der Waals surface area (Å²) in [4.78, 5) is 7.55. The van der Waals surface area contributed by atoms with Gasteiger partial charge in [0.1, 0.15) is 0 Å². The standard InChI is InChI=1S/C20H18BrClN2/c1-12-20(16-10-15(22)6-7-17(16)23-12)11-13-4-5-14(21)9-18(13)24-8-2-3-19(20)24/h4-7,9-10,19H,2-3,8,11H2,1H3. The summed E-state index contributed by atoms with van der Waals surface area (Å²) in [5, 5.41) is 0.809. The van der Waals surface area contributed by atoms with Crippen molar-refractivity contribution in [2.45, 2.75) is 37.6 Å². The minimum atomic E-state index is -0.0302. The number of nitrogens with zero attached hydrogens (tertiary/aromatic N) is 2. The fourth-order valence-corrected chi connectivity index (χ4v) is 5.54. The van der Waals surface area contributed by atoms with E-state index >= 15 is 0 Å². The number of rotatable bonds is 0. The van der Waals surface area contributed by atoms with Gasteiger partial charge < -0.3 is 4.90 Å². The zero-order valence-corrected chi connectivity index (χ0v) is 15.9. The van der Waals surface area contributed by atoms with E-state index in [4.69, 9.17) is 16.6 Å². The Hall–Kier alpha value is -1.32. The van der Waals surface area contributed by atoms with Crippen molar-refractivity contribution in [2.24, 2.45) is 4.99 Å². The Morgan fingerprint density at radius 3 is 3.00 bits per heavy atom. The maximum atomic E-state index is 6.37. The third-order valence-corrected chi connectivity index (χ3v) is 6.75. The highest BCUT2D eigenvalue weighted by Gasteiger charge is 2.54. The average molecular weight is 402 g/mol. The van der Waals surface area contributed by atoms with Gasteiger partial charge in [-0.05, 0) is 67.6 Å². The zero-order valence-electron chi connectivity index (χ0n) is 13.5. The highest BCUT2D eigenvalue weighted by atomic mass is 79.9. The molecule has 5 rings (SSSR count). The molecule has 2 aromatic carbocycles. The predicted octanol–water partition coefficient (Wildman–Crippen LogP) is 5.67. The summed E-state index contributed by atoms with van der Waals surface area (Å²) in [6.07, 6.45) is 3.46. The molecular weight excluding hydrogens is 384 g/mol. The molecule has 0 saturated carbocycles. The SMILES string of the molecule is CC1=Nc2ccc(Cl)cc2C12Cc1ccc(Br)cc1N1CCCC12. The number of aliphatic imine (C=N–C) groups is 1. The van der Waals surface area contributed by atoms with E-state index in [1.165, 1.54) is 35.4 Å². The van der Waals surface area contributed by atoms with Crippen molar-refractivity contribution in [3.05, 3.63) is 57.0 Å². The normalized spacial score (nSPS) is 27.0. The monoisotopic (exact) mass is 400 g/mol. The minimum absolute atomic E-state index is 0.0302. The summed E-state index contributed by atoms with van der Waals surface area (Å²) in [6.45, 7) is 3.33. The number of fused-ring (bicyclic) bond motifs is 6. The van der Waals surface area contributed by atoms with Crippen LogP contribution in [0.5, 0.6) is 0 Å². The first-order valence-electron chi connectivity index (χ1n) is 8.50. The van der Waals surface area contributed by atoms with E-state index in [0.29, 0.717) is 6.04 Å². The molecule has 4 heteroatoms. The first kappa shape index (κ1) is 15.0. The fourth-order valence-electron chi connectivity index (χ4n) is 5.02. The smallest absolute Gasteiger partial charge is 0.0672 e. The van der Waals surface area contributed by atoms with Gasteiger partial charge in [0, 0.05) is 33.5 Å². The van der Waals surface area contributed by atoms with Crippen LogP contribution in [-0.2, 0) is 11.8 Å². The van der Waals surface area contributed by atoms with Crippen LogP contribution in [0, 0.1) is 0 Å². The van der Waals surface area contributed by atoms with Gasteiger partial charge in [-0.3, -0.25) is 4.99 Å². The number of anilines is 1. The molecule has 3 aliphatic rings. The van der Waals surface area contributed by atoms with Crippen LogP contribution in [0.15, 0.2) is 45.9 Å². The van der Waals surface area contributed by atoms with Gasteiger partial charge in [0.05, 0.1) is 11.1 Å². The molecule has 1 spiro atoms. The van der Waals surface area contributed by atoms with Gasteiger partial charge in [-0.25, -0.2) is 0 Å². The van der Waals surface area contributed by atoms with Crippen molar-refractivity contribution in [1.82, 2.24) is 0 Å². The molecule has 1 saturated heterocycles. The first-order valence-corrected chi connectivity index (χ1v) is 9.67. The molecule has 2 unspecified atom stereocenters. The maximum Gasteiger partial charge on any atom is 0.0672 e. The van der Waals surface area contributed by atoms with Crippen molar-refractivity contribution in [2.75, 3.05) is 11.4 Å². The second-order valence-corrected chi connectivity index (χ2v) is 8.48. The summed E-state index contributed by atoms with van der Waals surface area (Å²) in [6, 6.07) is 13.4. The van der Waals surface area contributed by atoms with Crippen molar-refractivity contribution in [3.63, 3.8) is 0 Å². The number of halogens is 2. The van der Waals surface area contributed by atoms with Gasteiger partial charge in [0.25, 0.3) is 0 Å². The summed E-state index contributed by atoms with van der Waals surface area (Å²) in [5.74, 6) is 0. The second-order valence-electron chi connectivity index (χ2n) is 7.13. The van der Waals surface area contributed by atoms with Gasteiger partial charge in [-0.1, -0.05) is 33.6 Å². The Morgan fingerprint density at radius 1 is 1.25 bits per heavy atom. The topological polar surface area (TPSA) is 15.6 Å². The van der Waals surface area contributed by atoms with Crippen molar-refractivity contribution in [1.29, 1.82) is 0 Å². The van der Waals surface area contributed by atoms with Gasteiger partial charge >= 0.3 is 0 Å². The predicted molar refractivity (Wildman–Crippen MR) is 104 cm³/mol. The molecule has 2 atom stereocenters. The molecule has 0 radical (unpaired) electrons. The lowest BCUT2D eigenvalue weighted by Crippen LogP contribution is -2.55. The van der Waals surface area contributed by atoms with Crippen molar-refractivity contribution < 1.29 is 0 Å². The fraction of sp³-hybridized carbons (Fsp3) is 0.350. The van der Waals surface area contributed by atoms with E-state index in [9.17, 15) is 0 Å². The van der Waals surface area contributed by atoms with E-state index in [1.807, 2.05) is 6.07 Å². The van der Waals surface area contributed by atoms with Crippen molar-refractivity contribution in [3.8, 4) is 0 Å². The molecule has 0 N–H and O–H groups in total. The lowest BCUT2D eigenvalue weighted by Gasteiger charge is -2.47. The summed E-state index contributed by atoms with van der Waals surface area (Å²) in [7, 11) is 0. The Morgan fingerprint density at radius 2 is 2.12 bits per heavy atom. The van der Waals surface area contributed by atoms with Crippen molar-refractivity contribution >= 4 is 44.6 Å². The molecule has 122 valence electrons. The van der Waals surface area contributed by atoms with Crippen LogP contribution in [0.3, 0.4) is 0 Å². The summed E-state index contributed by atoms with van der Waals surface area (Å²) in [5.41, 5.74) is 6.43. The number of hydrogen-bond donors (Lipinski definition) is 0. The van der Waals surface area contributed by atoms with E-state index in [-0.39, 0.29) is 5.41 Å². The Balaban J connectivity index is 1.77. The molecule has 0 aromatic heterocycles. The molecule has 0 aliphatic carbocycles. The Kier molecular flexibility index (Phi) is 3.18. The van der Waals surface area contributed by atoms with E-state index in [2.05, 4.69) is 58.1 Å². The van der Waals surface area contributed by atoms with Gasteiger partial charge in [0.15, 0.2) is 0 Å². The molecule has 0 amide bonds. The zero-order chi connectivity index (χ0) is 16.5. The molecule has 2 nitrogen and oxygen atoms in total. The Labute approximate surface area is 155 Å². The lowest BCUT2D eigenvalue weighted by atomic mass is 9.65. The molecule has 24 heavy (non-hydrogen) atoms. The molecule has 3 aliphatic heterocycles. The van der Waals surface area contributed by atoms with Crippen LogP contribution in [0.2, 0.25) is 5.02 Å². The number of hydrogen-bond acceptors (Lipinski definition) is 2. The van der Waals surface area contributed by atoms with Crippen LogP contribution in [0.4, 0.5) is 11.4 Å². The van der Waals surface area contributed by atoms with Crippen LogP contribution in [-0.4, -0.2) is 18.3 Å². The largest absolute Gasteiger partial charge is 0.367 e. The average Bonchev–Trinajstić information content (AvgIpc) is 3.14. The third-order valence-electron chi connectivity index (χ3n) is 6.02. The molecule has 0 bridgehead atoms. The van der Waals surface area contributed by atoms with Crippen LogP contribution < -0.4 is 4.90 Å². The maximum absolute atomic E-state index is 6.37.